The highest BCUT2D eigenvalue weighted by Crippen LogP contribution is 2.29. The molecule has 0 aliphatic carbocycles. The Morgan fingerprint density at radius 2 is 2.22 bits per heavy atom. The summed E-state index contributed by atoms with van der Waals surface area (Å²) in [5, 5.41) is 9.36. The van der Waals surface area contributed by atoms with Gasteiger partial charge in [-0.2, -0.15) is 0 Å². The van der Waals surface area contributed by atoms with Crippen molar-refractivity contribution < 1.29 is 14.6 Å². The van der Waals surface area contributed by atoms with Crippen molar-refractivity contribution in [1.29, 1.82) is 0 Å². The molecule has 7 nitrogen and oxygen atoms in total. The van der Waals surface area contributed by atoms with Crippen molar-refractivity contribution in [3.8, 4) is 5.75 Å². The van der Waals surface area contributed by atoms with E-state index in [1.54, 1.807) is 20.9 Å². The number of aromatic amines is 1. The number of aryl methyl sites for hydroxylation is 2. The first-order chi connectivity index (χ1) is 8.47. The Bertz CT molecular complexity index is 684. The number of fused-ring (bicyclic) bond motifs is 1. The van der Waals surface area contributed by atoms with Crippen molar-refractivity contribution in [2.75, 3.05) is 6.61 Å². The number of nitrogens with zero attached hydrogens (tertiary/aromatic N) is 2. The molecule has 0 bridgehead atoms. The number of hydrogen-bond donors (Lipinski definition) is 2. The molecule has 2 heterocycles. The lowest BCUT2D eigenvalue weighted by Gasteiger charge is -2.02. The number of nitrogens with one attached hydrogen (secondary N) is 1. The fourth-order valence-electron chi connectivity index (χ4n) is 1.92. The van der Waals surface area contributed by atoms with E-state index < -0.39 is 11.5 Å². The second kappa shape index (κ2) is 4.17. The van der Waals surface area contributed by atoms with E-state index in [-0.39, 0.29) is 23.4 Å². The maximum atomic E-state index is 11.9. The van der Waals surface area contributed by atoms with Gasteiger partial charge in [0.05, 0.1) is 6.61 Å². The summed E-state index contributed by atoms with van der Waals surface area (Å²) in [6, 6.07) is 0. The van der Waals surface area contributed by atoms with E-state index in [9.17, 15) is 14.7 Å². The van der Waals surface area contributed by atoms with Crippen LogP contribution in [0.15, 0.2) is 4.79 Å². The second-order valence-electron chi connectivity index (χ2n) is 3.82. The minimum absolute atomic E-state index is 0.0660. The molecule has 0 saturated heterocycles. The zero-order valence-electron chi connectivity index (χ0n) is 10.3. The van der Waals surface area contributed by atoms with Crippen LogP contribution in [0.4, 0.5) is 0 Å². The number of aromatic nitrogens is 3. The van der Waals surface area contributed by atoms with Crippen LogP contribution in [0.25, 0.3) is 11.0 Å². The Balaban J connectivity index is 2.96. The lowest BCUT2D eigenvalue weighted by atomic mass is 10.3. The molecule has 2 aromatic rings. The van der Waals surface area contributed by atoms with Crippen molar-refractivity contribution >= 4 is 17.0 Å². The monoisotopic (exact) mass is 251 g/mol. The topological polar surface area (TPSA) is 97.2 Å². The number of carboxylic acid groups (broad SMARTS) is 1. The maximum Gasteiger partial charge on any atom is 0.356 e. The number of rotatable bonds is 3. The molecule has 0 saturated carbocycles. The molecule has 0 fully saturated rings. The van der Waals surface area contributed by atoms with Crippen LogP contribution in [0.1, 0.15) is 23.2 Å². The molecule has 18 heavy (non-hydrogen) atoms. The molecule has 0 aromatic carbocycles. The first kappa shape index (κ1) is 12.2. The first-order valence-corrected chi connectivity index (χ1v) is 5.42. The summed E-state index contributed by atoms with van der Waals surface area (Å²) in [6.45, 7) is 3.63. The Labute approximate surface area is 102 Å². The highest BCUT2D eigenvalue weighted by Gasteiger charge is 2.25. The van der Waals surface area contributed by atoms with E-state index in [1.165, 1.54) is 4.57 Å². The van der Waals surface area contributed by atoms with Gasteiger partial charge < -0.3 is 19.4 Å². The zero-order chi connectivity index (χ0) is 13.4. The summed E-state index contributed by atoms with van der Waals surface area (Å²) in [4.78, 5) is 29.8. The molecule has 0 radical (unpaired) electrons. The van der Waals surface area contributed by atoms with Crippen molar-refractivity contribution in [3.05, 3.63) is 21.9 Å². The van der Waals surface area contributed by atoms with Crippen LogP contribution in [-0.2, 0) is 7.05 Å². The van der Waals surface area contributed by atoms with Crippen molar-refractivity contribution in [2.45, 2.75) is 13.8 Å². The fourth-order valence-corrected chi connectivity index (χ4v) is 1.92. The van der Waals surface area contributed by atoms with Gasteiger partial charge in [0.25, 0.3) is 5.56 Å². The predicted molar refractivity (Wildman–Crippen MR) is 64.2 cm³/mol. The largest absolute Gasteiger partial charge is 0.490 e. The summed E-state index contributed by atoms with van der Waals surface area (Å²) in [7, 11) is 1.54. The van der Waals surface area contributed by atoms with Crippen molar-refractivity contribution in [1.82, 2.24) is 14.5 Å². The number of carboxylic acids is 1. The number of aromatic carboxylic acids is 1. The van der Waals surface area contributed by atoms with E-state index in [4.69, 9.17) is 4.74 Å². The number of carbonyl (C=O) groups is 1. The third kappa shape index (κ3) is 1.64. The number of hydrogen-bond acceptors (Lipinski definition) is 4. The molecule has 0 aliphatic heterocycles. The minimum Gasteiger partial charge on any atom is -0.490 e. The molecule has 0 amide bonds. The molecule has 0 aliphatic rings. The summed E-state index contributed by atoms with van der Waals surface area (Å²) in [5.41, 5.74) is -0.170. The zero-order valence-corrected chi connectivity index (χ0v) is 10.3. The summed E-state index contributed by atoms with van der Waals surface area (Å²) in [5.74, 6) is -0.666. The standard InChI is InChI=1S/C11H13N3O4/c1-4-18-8-6-9(12-5(2)13-10(6)15)14(3)7(8)11(16)17/h4H2,1-3H3,(H,16,17)(H,12,13,15). The minimum atomic E-state index is -1.16. The van der Waals surface area contributed by atoms with Crippen LogP contribution in [0.5, 0.6) is 5.75 Å². The Morgan fingerprint density at radius 3 is 2.78 bits per heavy atom. The average Bonchev–Trinajstić information content (AvgIpc) is 2.53. The van der Waals surface area contributed by atoms with Crippen LogP contribution in [0.3, 0.4) is 0 Å². The molecule has 96 valence electrons. The van der Waals surface area contributed by atoms with Gasteiger partial charge in [-0.25, -0.2) is 9.78 Å². The average molecular weight is 251 g/mol. The molecule has 0 atom stereocenters. The highest BCUT2D eigenvalue weighted by molar-refractivity contribution is 5.99. The predicted octanol–water partition coefficient (Wildman–Crippen LogP) is 0.667. The first-order valence-electron chi connectivity index (χ1n) is 5.42. The quantitative estimate of drug-likeness (QED) is 0.835. The summed E-state index contributed by atoms with van der Waals surface area (Å²) in [6.07, 6.45) is 0. The van der Waals surface area contributed by atoms with Crippen LogP contribution < -0.4 is 10.3 Å². The van der Waals surface area contributed by atoms with Gasteiger partial charge in [0.1, 0.15) is 11.2 Å². The molecule has 2 N–H and O–H groups in total. The van der Waals surface area contributed by atoms with Gasteiger partial charge in [-0.1, -0.05) is 0 Å². The van der Waals surface area contributed by atoms with Crippen molar-refractivity contribution in [3.63, 3.8) is 0 Å². The van der Waals surface area contributed by atoms with E-state index in [2.05, 4.69) is 9.97 Å². The SMILES string of the molecule is CCOc1c(C(=O)O)n(C)c2nc(C)[nH]c(=O)c12. The van der Waals surface area contributed by atoms with Crippen LogP contribution >= 0.6 is 0 Å². The Kier molecular flexibility index (Phi) is 2.82. The van der Waals surface area contributed by atoms with Crippen LogP contribution in [0, 0.1) is 6.92 Å². The van der Waals surface area contributed by atoms with E-state index in [0.29, 0.717) is 11.5 Å². The van der Waals surface area contributed by atoms with Gasteiger partial charge in [0.15, 0.2) is 17.1 Å². The maximum absolute atomic E-state index is 11.9. The van der Waals surface area contributed by atoms with Gasteiger partial charge in [-0.05, 0) is 13.8 Å². The molecule has 0 spiro atoms. The van der Waals surface area contributed by atoms with Crippen LogP contribution in [-0.4, -0.2) is 32.2 Å². The van der Waals surface area contributed by atoms with Crippen LogP contribution in [0.2, 0.25) is 0 Å². The lowest BCUT2D eigenvalue weighted by molar-refractivity contribution is 0.0682. The second-order valence-corrected chi connectivity index (χ2v) is 3.82. The van der Waals surface area contributed by atoms with Crippen molar-refractivity contribution in [2.24, 2.45) is 7.05 Å². The van der Waals surface area contributed by atoms with Gasteiger partial charge in [0, 0.05) is 7.05 Å². The third-order valence-corrected chi connectivity index (χ3v) is 2.61. The van der Waals surface area contributed by atoms with E-state index >= 15 is 0 Å². The molecule has 2 aromatic heterocycles. The molecular formula is C11H13N3O4. The normalized spacial score (nSPS) is 10.8. The number of H-pyrrole nitrogens is 1. The lowest BCUT2D eigenvalue weighted by Crippen LogP contribution is -2.10. The van der Waals surface area contributed by atoms with Gasteiger partial charge in [-0.15, -0.1) is 0 Å². The molecule has 7 heteroatoms. The van der Waals surface area contributed by atoms with E-state index in [0.717, 1.165) is 0 Å². The molecular weight excluding hydrogens is 238 g/mol. The van der Waals surface area contributed by atoms with Gasteiger partial charge in [-0.3, -0.25) is 4.79 Å². The van der Waals surface area contributed by atoms with E-state index in [1.807, 2.05) is 0 Å². The Morgan fingerprint density at radius 1 is 1.56 bits per heavy atom. The summed E-state index contributed by atoms with van der Waals surface area (Å²) < 4.78 is 6.64. The van der Waals surface area contributed by atoms with Gasteiger partial charge >= 0.3 is 5.97 Å². The third-order valence-electron chi connectivity index (χ3n) is 2.61. The molecule has 0 unspecified atom stereocenters. The molecule has 2 rings (SSSR count). The smallest absolute Gasteiger partial charge is 0.356 e. The highest BCUT2D eigenvalue weighted by atomic mass is 16.5. The summed E-state index contributed by atoms with van der Waals surface area (Å²) >= 11 is 0. The Hall–Kier alpha value is -2.31. The number of ether oxygens (including phenoxy) is 1. The van der Waals surface area contributed by atoms with Gasteiger partial charge in [0.2, 0.25) is 0 Å². The fraction of sp³-hybridized carbons (Fsp3) is 0.364.